The van der Waals surface area contributed by atoms with Gasteiger partial charge >= 0.3 is 0 Å². The van der Waals surface area contributed by atoms with Crippen molar-refractivity contribution in [2.45, 2.75) is 12.5 Å². The average Bonchev–Trinajstić information content (AvgIpc) is 3.45. The third kappa shape index (κ3) is 3.76. The third-order valence-electron chi connectivity index (χ3n) is 5.42. The van der Waals surface area contributed by atoms with Crippen molar-refractivity contribution in [3.8, 4) is 22.6 Å². The number of carbonyl (C=O) groups is 1. The molecule has 1 fully saturated rings. The van der Waals surface area contributed by atoms with Crippen LogP contribution in [0.3, 0.4) is 0 Å². The SMILES string of the molecule is Cn1ccc(-c2nc(N)c(C(=O)NC3CCNC3)nc2-c2cc(Cl)c3ncccc3c2)n1. The van der Waals surface area contributed by atoms with E-state index in [1.54, 1.807) is 16.9 Å². The summed E-state index contributed by atoms with van der Waals surface area (Å²) in [6, 6.07) is 9.30. The molecule has 9 nitrogen and oxygen atoms in total. The summed E-state index contributed by atoms with van der Waals surface area (Å²) in [7, 11) is 1.82. The Balaban J connectivity index is 1.67. The minimum absolute atomic E-state index is 0.0313. The molecule has 4 aromatic rings. The Hall–Kier alpha value is -3.56. The second kappa shape index (κ2) is 8.18. The normalized spacial score (nSPS) is 15.9. The summed E-state index contributed by atoms with van der Waals surface area (Å²) in [5, 5.41) is 12.0. The molecule has 1 aromatic carbocycles. The fraction of sp³-hybridized carbons (Fsp3) is 0.227. The maximum Gasteiger partial charge on any atom is 0.274 e. The van der Waals surface area contributed by atoms with E-state index >= 15 is 0 Å². The van der Waals surface area contributed by atoms with Gasteiger partial charge in [0.05, 0.1) is 16.2 Å². The molecule has 1 aliphatic heterocycles. The minimum atomic E-state index is -0.355. The van der Waals surface area contributed by atoms with Crippen LogP contribution < -0.4 is 16.4 Å². The van der Waals surface area contributed by atoms with Crippen molar-refractivity contribution in [3.63, 3.8) is 0 Å². The van der Waals surface area contributed by atoms with E-state index in [1.165, 1.54) is 0 Å². The first kappa shape index (κ1) is 20.3. The van der Waals surface area contributed by atoms with E-state index < -0.39 is 0 Å². The summed E-state index contributed by atoms with van der Waals surface area (Å²) in [5.74, 6) is -0.308. The molecule has 3 aromatic heterocycles. The Morgan fingerprint density at radius 2 is 2.16 bits per heavy atom. The topological polar surface area (TPSA) is 124 Å². The van der Waals surface area contributed by atoms with Crippen LogP contribution in [0.1, 0.15) is 16.9 Å². The maximum absolute atomic E-state index is 13.0. The van der Waals surface area contributed by atoms with Crippen LogP contribution in [0.15, 0.2) is 42.7 Å². The van der Waals surface area contributed by atoms with Crippen LogP contribution in [-0.2, 0) is 7.05 Å². The molecule has 1 atom stereocenters. The van der Waals surface area contributed by atoms with Crippen LogP contribution in [-0.4, -0.2) is 49.8 Å². The van der Waals surface area contributed by atoms with E-state index in [1.807, 2.05) is 37.5 Å². The lowest BCUT2D eigenvalue weighted by Crippen LogP contribution is -2.37. The standard InChI is InChI=1S/C22H21ClN8O/c1-31-8-5-16(30-31)19-18(13-9-12-3-2-6-26-17(12)15(23)10-13)28-20(21(24)29-19)22(32)27-14-4-7-25-11-14/h2-3,5-6,8-10,14,25H,4,7,11H2,1H3,(H2,24,29)(H,27,32). The Bertz CT molecular complexity index is 1330. The zero-order valence-electron chi connectivity index (χ0n) is 17.3. The molecule has 4 heterocycles. The van der Waals surface area contributed by atoms with Gasteiger partial charge in [0.25, 0.3) is 5.91 Å². The summed E-state index contributed by atoms with van der Waals surface area (Å²) in [6.45, 7) is 1.57. The highest BCUT2D eigenvalue weighted by Gasteiger charge is 2.24. The predicted octanol–water partition coefficient (Wildman–Crippen LogP) is 2.42. The number of halogens is 1. The lowest BCUT2D eigenvalue weighted by atomic mass is 10.0. The summed E-state index contributed by atoms with van der Waals surface area (Å²) in [4.78, 5) is 26.5. The highest BCUT2D eigenvalue weighted by Crippen LogP contribution is 2.34. The number of nitrogens with zero attached hydrogens (tertiary/aromatic N) is 5. The molecule has 0 radical (unpaired) electrons. The Morgan fingerprint density at radius 1 is 1.28 bits per heavy atom. The van der Waals surface area contributed by atoms with Crippen molar-refractivity contribution in [3.05, 3.63) is 53.4 Å². The van der Waals surface area contributed by atoms with Crippen molar-refractivity contribution >= 4 is 34.2 Å². The molecule has 5 rings (SSSR count). The molecule has 1 amide bonds. The Labute approximate surface area is 189 Å². The minimum Gasteiger partial charge on any atom is -0.382 e. The molecule has 10 heteroatoms. The van der Waals surface area contributed by atoms with Crippen LogP contribution in [0, 0.1) is 0 Å². The van der Waals surface area contributed by atoms with Gasteiger partial charge in [-0.15, -0.1) is 0 Å². The zero-order valence-corrected chi connectivity index (χ0v) is 18.1. The largest absolute Gasteiger partial charge is 0.382 e. The van der Waals surface area contributed by atoms with E-state index in [9.17, 15) is 4.79 Å². The number of amides is 1. The van der Waals surface area contributed by atoms with Crippen LogP contribution in [0.5, 0.6) is 0 Å². The first-order valence-electron chi connectivity index (χ1n) is 10.2. The van der Waals surface area contributed by atoms with Crippen molar-refractivity contribution < 1.29 is 4.79 Å². The number of aryl methyl sites for hydroxylation is 1. The van der Waals surface area contributed by atoms with Crippen molar-refractivity contribution in [2.75, 3.05) is 18.8 Å². The highest BCUT2D eigenvalue weighted by molar-refractivity contribution is 6.35. The lowest BCUT2D eigenvalue weighted by Gasteiger charge is -2.15. The van der Waals surface area contributed by atoms with E-state index in [0.717, 1.165) is 18.4 Å². The van der Waals surface area contributed by atoms with Gasteiger partial charge in [-0.2, -0.15) is 5.10 Å². The molecule has 0 aliphatic carbocycles. The number of hydrogen-bond acceptors (Lipinski definition) is 7. The smallest absolute Gasteiger partial charge is 0.274 e. The molecule has 1 aliphatic rings. The summed E-state index contributed by atoms with van der Waals surface area (Å²) >= 11 is 6.52. The summed E-state index contributed by atoms with van der Waals surface area (Å²) < 4.78 is 1.67. The molecule has 1 unspecified atom stereocenters. The molecule has 162 valence electrons. The van der Waals surface area contributed by atoms with Crippen LogP contribution >= 0.6 is 11.6 Å². The zero-order chi connectivity index (χ0) is 22.2. The molecule has 4 N–H and O–H groups in total. The molecule has 32 heavy (non-hydrogen) atoms. The van der Waals surface area contributed by atoms with Crippen molar-refractivity contribution in [1.29, 1.82) is 0 Å². The summed E-state index contributed by atoms with van der Waals surface area (Å²) in [6.07, 6.45) is 4.35. The number of aromatic nitrogens is 5. The summed E-state index contributed by atoms with van der Waals surface area (Å²) in [5.41, 5.74) is 9.19. The van der Waals surface area contributed by atoms with E-state index in [4.69, 9.17) is 17.3 Å². The number of fused-ring (bicyclic) bond motifs is 1. The quantitative estimate of drug-likeness (QED) is 0.438. The van der Waals surface area contributed by atoms with Gasteiger partial charge in [-0.3, -0.25) is 14.5 Å². The predicted molar refractivity (Wildman–Crippen MR) is 123 cm³/mol. The molecular formula is C22H21ClN8O. The third-order valence-corrected chi connectivity index (χ3v) is 5.71. The van der Waals surface area contributed by atoms with Gasteiger partial charge in [0.1, 0.15) is 11.4 Å². The van der Waals surface area contributed by atoms with Gasteiger partial charge in [-0.25, -0.2) is 9.97 Å². The van der Waals surface area contributed by atoms with Gasteiger partial charge < -0.3 is 16.4 Å². The first-order chi connectivity index (χ1) is 15.5. The lowest BCUT2D eigenvalue weighted by molar-refractivity contribution is 0.0936. The number of nitrogen functional groups attached to an aromatic ring is 1. The maximum atomic E-state index is 13.0. The fourth-order valence-corrected chi connectivity index (χ4v) is 4.13. The number of carbonyl (C=O) groups excluding carboxylic acids is 1. The Kier molecular flexibility index (Phi) is 5.20. The molecule has 0 spiro atoms. The van der Waals surface area contributed by atoms with Gasteiger partial charge in [0, 0.05) is 43.0 Å². The fourth-order valence-electron chi connectivity index (χ4n) is 3.85. The highest BCUT2D eigenvalue weighted by atomic mass is 35.5. The van der Waals surface area contributed by atoms with E-state index in [2.05, 4.69) is 30.7 Å². The van der Waals surface area contributed by atoms with Gasteiger partial charge in [0.2, 0.25) is 0 Å². The van der Waals surface area contributed by atoms with Gasteiger partial charge in [-0.1, -0.05) is 17.7 Å². The van der Waals surface area contributed by atoms with Gasteiger partial charge in [-0.05, 0) is 37.2 Å². The number of pyridine rings is 1. The monoisotopic (exact) mass is 448 g/mol. The molecule has 0 saturated carbocycles. The van der Waals surface area contributed by atoms with Crippen LogP contribution in [0.4, 0.5) is 5.82 Å². The molecule has 1 saturated heterocycles. The number of anilines is 1. The second-order valence-corrected chi connectivity index (χ2v) is 8.13. The number of rotatable bonds is 4. The van der Waals surface area contributed by atoms with Crippen molar-refractivity contribution in [1.82, 2.24) is 35.4 Å². The first-order valence-corrected chi connectivity index (χ1v) is 10.6. The number of nitrogens with two attached hydrogens (primary N) is 1. The number of nitrogens with one attached hydrogen (secondary N) is 2. The number of hydrogen-bond donors (Lipinski definition) is 3. The van der Waals surface area contributed by atoms with Gasteiger partial charge in [0.15, 0.2) is 11.5 Å². The van der Waals surface area contributed by atoms with Crippen LogP contribution in [0.25, 0.3) is 33.5 Å². The number of benzene rings is 1. The van der Waals surface area contributed by atoms with E-state index in [-0.39, 0.29) is 23.5 Å². The van der Waals surface area contributed by atoms with Crippen molar-refractivity contribution in [2.24, 2.45) is 7.05 Å². The molecular weight excluding hydrogens is 428 g/mol. The molecule has 0 bridgehead atoms. The average molecular weight is 449 g/mol. The Morgan fingerprint density at radius 3 is 2.91 bits per heavy atom. The second-order valence-electron chi connectivity index (χ2n) is 7.73. The van der Waals surface area contributed by atoms with E-state index in [0.29, 0.717) is 39.7 Å². The van der Waals surface area contributed by atoms with Crippen LogP contribution in [0.2, 0.25) is 5.02 Å².